The van der Waals surface area contributed by atoms with Gasteiger partial charge in [0, 0.05) is 58.4 Å². The zero-order valence-electron chi connectivity index (χ0n) is 21.6. The Balaban J connectivity index is 1.24. The lowest BCUT2D eigenvalue weighted by Gasteiger charge is -2.37. The van der Waals surface area contributed by atoms with Gasteiger partial charge in [-0.05, 0) is 30.3 Å². The van der Waals surface area contributed by atoms with Crippen LogP contribution in [0.4, 0.5) is 5.69 Å². The van der Waals surface area contributed by atoms with Gasteiger partial charge in [0.05, 0.1) is 25.5 Å². The van der Waals surface area contributed by atoms with Crippen LogP contribution in [-0.2, 0) is 20.9 Å². The van der Waals surface area contributed by atoms with E-state index in [0.29, 0.717) is 55.3 Å². The first kappa shape index (κ1) is 25.0. The molecule has 1 saturated heterocycles. The van der Waals surface area contributed by atoms with E-state index >= 15 is 0 Å². The minimum Gasteiger partial charge on any atom is -0.494 e. The highest BCUT2D eigenvalue weighted by atomic mass is 16.7. The molecule has 0 bridgehead atoms. The van der Waals surface area contributed by atoms with Crippen molar-refractivity contribution in [3.63, 3.8) is 0 Å². The number of fused-ring (bicyclic) bond motifs is 2. The summed E-state index contributed by atoms with van der Waals surface area (Å²) in [6.07, 6.45) is -0.610. The molecule has 1 amide bonds. The number of ether oxygens (including phenoxy) is 4. The number of amides is 1. The molecule has 37 heavy (non-hydrogen) atoms. The molecule has 196 valence electrons. The summed E-state index contributed by atoms with van der Waals surface area (Å²) in [7, 11) is 3.04. The van der Waals surface area contributed by atoms with Crippen molar-refractivity contribution in [2.75, 3.05) is 45.3 Å². The van der Waals surface area contributed by atoms with Crippen molar-refractivity contribution < 1.29 is 23.7 Å². The molecule has 3 heterocycles. The van der Waals surface area contributed by atoms with E-state index in [2.05, 4.69) is 27.0 Å². The smallest absolute Gasteiger partial charge is 0.258 e. The van der Waals surface area contributed by atoms with Crippen LogP contribution in [0.3, 0.4) is 0 Å². The number of para-hydroxylation sites is 1. The molecule has 0 radical (unpaired) electrons. The Morgan fingerprint density at radius 2 is 1.95 bits per heavy atom. The zero-order valence-corrected chi connectivity index (χ0v) is 21.6. The van der Waals surface area contributed by atoms with Crippen LogP contribution >= 0.6 is 0 Å². The number of aromatic nitrogens is 2. The van der Waals surface area contributed by atoms with E-state index in [4.69, 9.17) is 18.9 Å². The highest BCUT2D eigenvalue weighted by Crippen LogP contribution is 2.34. The molecule has 1 N–H and O–H groups in total. The van der Waals surface area contributed by atoms with Crippen LogP contribution in [-0.4, -0.2) is 67.0 Å². The second-order valence-electron chi connectivity index (χ2n) is 9.69. The van der Waals surface area contributed by atoms with Gasteiger partial charge in [-0.1, -0.05) is 6.07 Å². The fourth-order valence-electron chi connectivity index (χ4n) is 4.78. The molecule has 3 aromatic rings. The van der Waals surface area contributed by atoms with Crippen molar-refractivity contribution in [1.82, 2.24) is 14.9 Å². The molecule has 1 aromatic heterocycles. The molecular weight excluding hydrogens is 476 g/mol. The van der Waals surface area contributed by atoms with Gasteiger partial charge in [0.15, 0.2) is 0 Å². The summed E-state index contributed by atoms with van der Waals surface area (Å²) < 4.78 is 22.6. The van der Waals surface area contributed by atoms with Crippen molar-refractivity contribution in [2.24, 2.45) is 0 Å². The first-order chi connectivity index (χ1) is 17.8. The van der Waals surface area contributed by atoms with Crippen LogP contribution in [0.25, 0.3) is 10.9 Å². The van der Waals surface area contributed by atoms with Gasteiger partial charge in [-0.25, -0.2) is 4.98 Å². The van der Waals surface area contributed by atoms with Crippen molar-refractivity contribution in [3.05, 3.63) is 58.1 Å². The SMILES string of the molecule is COc1cccc2c(=O)[nH]c(C(CC(=O)N3CCN(c4ccc5c(c4)COC(C)(C)O5)CC3)OC)nc12. The standard InChI is InChI=1S/C27H32N4O6/c1-27(2)36-16-17-14-18(8-9-20(17)37-27)30-10-12-31(13-11-30)23(32)15-22(35-4)25-28-24-19(26(33)29-25)6-5-7-21(24)34-3/h5-9,14,22H,10-13,15-16H2,1-4H3,(H,28,29,33). The number of hydrogen-bond acceptors (Lipinski definition) is 8. The topological polar surface area (TPSA) is 106 Å². The van der Waals surface area contributed by atoms with Gasteiger partial charge >= 0.3 is 0 Å². The number of rotatable bonds is 6. The van der Waals surface area contributed by atoms with Crippen LogP contribution in [0.2, 0.25) is 0 Å². The summed E-state index contributed by atoms with van der Waals surface area (Å²) in [6.45, 7) is 6.89. The number of carbonyl (C=O) groups is 1. The fourth-order valence-corrected chi connectivity index (χ4v) is 4.78. The molecule has 10 heteroatoms. The van der Waals surface area contributed by atoms with E-state index < -0.39 is 11.9 Å². The molecule has 2 aliphatic rings. The lowest BCUT2D eigenvalue weighted by molar-refractivity contribution is -0.180. The Labute approximate surface area is 215 Å². The van der Waals surface area contributed by atoms with Crippen molar-refractivity contribution in [3.8, 4) is 11.5 Å². The minimum atomic E-state index is -0.683. The summed E-state index contributed by atoms with van der Waals surface area (Å²) in [4.78, 5) is 37.2. The highest BCUT2D eigenvalue weighted by Gasteiger charge is 2.29. The molecule has 1 atom stereocenters. The molecular formula is C27H32N4O6. The second kappa shape index (κ2) is 10.0. The van der Waals surface area contributed by atoms with Crippen LogP contribution in [0.15, 0.2) is 41.2 Å². The lowest BCUT2D eigenvalue weighted by Crippen LogP contribution is -2.49. The molecule has 2 aliphatic heterocycles. The maximum Gasteiger partial charge on any atom is 0.258 e. The average molecular weight is 509 g/mol. The third kappa shape index (κ3) is 5.12. The Kier molecular flexibility index (Phi) is 6.78. The summed E-state index contributed by atoms with van der Waals surface area (Å²) in [5, 5.41) is 0.421. The van der Waals surface area contributed by atoms with E-state index in [-0.39, 0.29) is 17.9 Å². The number of methoxy groups -OCH3 is 2. The summed E-state index contributed by atoms with van der Waals surface area (Å²) >= 11 is 0. The van der Waals surface area contributed by atoms with Gasteiger partial charge in [0.1, 0.15) is 28.9 Å². The molecule has 0 saturated carbocycles. The van der Waals surface area contributed by atoms with Gasteiger partial charge in [0.25, 0.3) is 5.56 Å². The van der Waals surface area contributed by atoms with Gasteiger partial charge in [0.2, 0.25) is 11.7 Å². The van der Waals surface area contributed by atoms with Crippen molar-refractivity contribution in [2.45, 2.75) is 38.8 Å². The summed E-state index contributed by atoms with van der Waals surface area (Å²) in [5.41, 5.74) is 2.24. The Hall–Kier alpha value is -3.63. The third-order valence-corrected chi connectivity index (χ3v) is 6.86. The second-order valence-corrected chi connectivity index (χ2v) is 9.69. The molecule has 1 fully saturated rings. The normalized spacial score (nSPS) is 17.7. The van der Waals surface area contributed by atoms with Gasteiger partial charge in [-0.15, -0.1) is 0 Å². The number of anilines is 1. The molecule has 1 unspecified atom stereocenters. The Morgan fingerprint density at radius 3 is 2.68 bits per heavy atom. The lowest BCUT2D eigenvalue weighted by atomic mass is 10.1. The number of piperazine rings is 1. The van der Waals surface area contributed by atoms with Crippen molar-refractivity contribution in [1.29, 1.82) is 0 Å². The quantitative estimate of drug-likeness (QED) is 0.542. The Morgan fingerprint density at radius 1 is 1.16 bits per heavy atom. The molecule has 2 aromatic carbocycles. The van der Waals surface area contributed by atoms with E-state index in [0.717, 1.165) is 17.0 Å². The van der Waals surface area contributed by atoms with E-state index in [9.17, 15) is 9.59 Å². The number of carbonyl (C=O) groups excluding carboxylic acids is 1. The maximum absolute atomic E-state index is 13.2. The van der Waals surface area contributed by atoms with Crippen LogP contribution in [0.5, 0.6) is 11.5 Å². The summed E-state index contributed by atoms with van der Waals surface area (Å²) in [6, 6.07) is 11.3. The van der Waals surface area contributed by atoms with Crippen molar-refractivity contribution >= 4 is 22.5 Å². The predicted octanol–water partition coefficient (Wildman–Crippen LogP) is 3.00. The number of hydrogen-bond donors (Lipinski definition) is 1. The molecule has 0 aliphatic carbocycles. The van der Waals surface area contributed by atoms with Gasteiger partial charge in [-0.2, -0.15) is 0 Å². The number of H-pyrrole nitrogens is 1. The number of benzene rings is 2. The molecule has 10 nitrogen and oxygen atoms in total. The Bertz CT molecular complexity index is 1360. The average Bonchev–Trinajstić information content (AvgIpc) is 2.90. The number of nitrogens with one attached hydrogen (secondary N) is 1. The molecule has 5 rings (SSSR count). The molecule has 0 spiro atoms. The van der Waals surface area contributed by atoms with Crippen LogP contribution < -0.4 is 19.9 Å². The van der Waals surface area contributed by atoms with E-state index in [1.165, 1.54) is 14.2 Å². The van der Waals surface area contributed by atoms with E-state index in [1.807, 2.05) is 24.8 Å². The minimum absolute atomic E-state index is 0.0521. The maximum atomic E-state index is 13.2. The van der Waals surface area contributed by atoms with Crippen LogP contribution in [0, 0.1) is 0 Å². The first-order valence-electron chi connectivity index (χ1n) is 12.4. The van der Waals surface area contributed by atoms with Crippen LogP contribution in [0.1, 0.15) is 37.8 Å². The largest absolute Gasteiger partial charge is 0.494 e. The third-order valence-electron chi connectivity index (χ3n) is 6.86. The predicted molar refractivity (Wildman–Crippen MR) is 138 cm³/mol. The van der Waals surface area contributed by atoms with E-state index in [1.54, 1.807) is 18.2 Å². The highest BCUT2D eigenvalue weighted by molar-refractivity contribution is 5.83. The fraction of sp³-hybridized carbons (Fsp3) is 0.444. The number of nitrogens with zero attached hydrogens (tertiary/aromatic N) is 3. The summed E-state index contributed by atoms with van der Waals surface area (Å²) in [5.74, 6) is 0.965. The first-order valence-corrected chi connectivity index (χ1v) is 12.4. The van der Waals surface area contributed by atoms with Gasteiger partial charge < -0.3 is 33.7 Å². The number of aromatic amines is 1. The monoisotopic (exact) mass is 508 g/mol. The zero-order chi connectivity index (χ0) is 26.2. The van der Waals surface area contributed by atoms with Gasteiger partial charge in [-0.3, -0.25) is 9.59 Å².